The minimum Gasteiger partial charge on any atom is -0.348 e. The molecular formula is C13H15N3O2S. The van der Waals surface area contributed by atoms with E-state index in [1.165, 1.54) is 21.2 Å². The van der Waals surface area contributed by atoms with Crippen LogP contribution in [0, 0.1) is 0 Å². The lowest BCUT2D eigenvalue weighted by atomic mass is 10.2. The predicted octanol–water partition coefficient (Wildman–Crippen LogP) is 1.11. The fourth-order valence-corrected chi connectivity index (χ4v) is 2.53. The first-order valence-corrected chi connectivity index (χ1v) is 6.78. The molecule has 100 valence electrons. The molecule has 1 amide bonds. The van der Waals surface area contributed by atoms with Gasteiger partial charge in [-0.25, -0.2) is 4.98 Å². The highest BCUT2D eigenvalue weighted by molar-refractivity contribution is 7.99. The van der Waals surface area contributed by atoms with Crippen molar-refractivity contribution in [2.45, 2.75) is 5.16 Å². The van der Waals surface area contributed by atoms with Gasteiger partial charge in [0.15, 0.2) is 5.16 Å². The van der Waals surface area contributed by atoms with Crippen LogP contribution in [-0.4, -0.2) is 40.2 Å². The van der Waals surface area contributed by atoms with Crippen LogP contribution >= 0.6 is 11.8 Å². The van der Waals surface area contributed by atoms with Gasteiger partial charge in [0.2, 0.25) is 5.91 Å². The second kappa shape index (κ2) is 5.44. The number of benzene rings is 1. The van der Waals surface area contributed by atoms with Crippen LogP contribution in [0.3, 0.4) is 0 Å². The van der Waals surface area contributed by atoms with Crippen molar-refractivity contribution in [2.75, 3.05) is 19.8 Å². The van der Waals surface area contributed by atoms with Gasteiger partial charge in [-0.2, -0.15) is 0 Å². The van der Waals surface area contributed by atoms with E-state index in [9.17, 15) is 9.59 Å². The topological polar surface area (TPSA) is 55.2 Å². The fraction of sp³-hybridized carbons (Fsp3) is 0.308. The van der Waals surface area contributed by atoms with E-state index >= 15 is 0 Å². The van der Waals surface area contributed by atoms with Gasteiger partial charge >= 0.3 is 0 Å². The summed E-state index contributed by atoms with van der Waals surface area (Å²) in [6.45, 7) is 0. The van der Waals surface area contributed by atoms with E-state index < -0.39 is 0 Å². The highest BCUT2D eigenvalue weighted by Crippen LogP contribution is 2.16. The Morgan fingerprint density at radius 3 is 2.74 bits per heavy atom. The molecule has 6 heteroatoms. The van der Waals surface area contributed by atoms with Gasteiger partial charge in [0.25, 0.3) is 5.56 Å². The number of amides is 1. The highest BCUT2D eigenvalue weighted by Gasteiger charge is 2.11. The van der Waals surface area contributed by atoms with Crippen molar-refractivity contribution in [3.8, 4) is 0 Å². The molecule has 0 aliphatic heterocycles. The van der Waals surface area contributed by atoms with E-state index in [1.54, 1.807) is 33.3 Å². The van der Waals surface area contributed by atoms with Gasteiger partial charge in [-0.3, -0.25) is 14.2 Å². The lowest BCUT2D eigenvalue weighted by Crippen LogP contribution is -2.25. The molecule has 0 aliphatic rings. The zero-order valence-corrected chi connectivity index (χ0v) is 11.9. The minimum atomic E-state index is -0.0922. The van der Waals surface area contributed by atoms with E-state index in [0.717, 1.165) is 0 Å². The van der Waals surface area contributed by atoms with Gasteiger partial charge in [-0.15, -0.1) is 0 Å². The molecular weight excluding hydrogens is 262 g/mol. The summed E-state index contributed by atoms with van der Waals surface area (Å²) in [4.78, 5) is 29.6. The summed E-state index contributed by atoms with van der Waals surface area (Å²) >= 11 is 1.27. The van der Waals surface area contributed by atoms with Gasteiger partial charge in [-0.05, 0) is 12.1 Å². The van der Waals surface area contributed by atoms with Crippen molar-refractivity contribution in [1.82, 2.24) is 14.5 Å². The Hall–Kier alpha value is -1.82. The second-order valence-corrected chi connectivity index (χ2v) is 5.30. The number of nitrogens with zero attached hydrogens (tertiary/aromatic N) is 3. The van der Waals surface area contributed by atoms with Crippen LogP contribution in [0.15, 0.2) is 34.2 Å². The molecule has 0 fully saturated rings. The molecule has 0 bridgehead atoms. The Morgan fingerprint density at radius 1 is 1.37 bits per heavy atom. The lowest BCUT2D eigenvalue weighted by molar-refractivity contribution is -0.125. The van der Waals surface area contributed by atoms with Crippen molar-refractivity contribution in [1.29, 1.82) is 0 Å². The summed E-state index contributed by atoms with van der Waals surface area (Å²) in [6, 6.07) is 7.21. The molecule has 0 atom stereocenters. The molecule has 1 aromatic heterocycles. The smallest absolute Gasteiger partial charge is 0.261 e. The van der Waals surface area contributed by atoms with Crippen LogP contribution in [0.2, 0.25) is 0 Å². The number of carbonyl (C=O) groups is 1. The Balaban J connectivity index is 2.36. The first kappa shape index (κ1) is 13.6. The van der Waals surface area contributed by atoms with E-state index in [-0.39, 0.29) is 17.2 Å². The summed E-state index contributed by atoms with van der Waals surface area (Å²) in [7, 11) is 5.08. The van der Waals surface area contributed by atoms with Crippen LogP contribution in [-0.2, 0) is 11.8 Å². The molecule has 2 rings (SSSR count). The SMILES string of the molecule is CN(C)C(=O)CSc1nc2ccccc2c(=O)n1C. The summed E-state index contributed by atoms with van der Waals surface area (Å²) in [5, 5.41) is 1.15. The van der Waals surface area contributed by atoms with Gasteiger partial charge in [0.05, 0.1) is 16.7 Å². The Labute approximate surface area is 115 Å². The molecule has 0 saturated heterocycles. The monoisotopic (exact) mass is 277 g/mol. The third-order valence-corrected chi connectivity index (χ3v) is 3.78. The number of aromatic nitrogens is 2. The summed E-state index contributed by atoms with van der Waals surface area (Å²) < 4.78 is 1.48. The van der Waals surface area contributed by atoms with Crippen molar-refractivity contribution < 1.29 is 4.79 Å². The normalized spacial score (nSPS) is 10.7. The molecule has 0 radical (unpaired) electrons. The molecule has 5 nitrogen and oxygen atoms in total. The first-order valence-electron chi connectivity index (χ1n) is 5.79. The zero-order valence-electron chi connectivity index (χ0n) is 11.1. The van der Waals surface area contributed by atoms with E-state index in [2.05, 4.69) is 4.98 Å². The van der Waals surface area contributed by atoms with E-state index in [4.69, 9.17) is 0 Å². The minimum absolute atomic E-state index is 0.00703. The maximum Gasteiger partial charge on any atom is 0.261 e. The third kappa shape index (κ3) is 2.78. The molecule has 2 aromatic rings. The lowest BCUT2D eigenvalue weighted by Gasteiger charge is -2.11. The van der Waals surface area contributed by atoms with Crippen molar-refractivity contribution in [3.05, 3.63) is 34.6 Å². The average molecular weight is 277 g/mol. The van der Waals surface area contributed by atoms with Gasteiger partial charge in [-0.1, -0.05) is 23.9 Å². The standard InChI is InChI=1S/C13H15N3O2S/c1-15(2)11(17)8-19-13-14-10-7-5-4-6-9(10)12(18)16(13)3/h4-7H,8H2,1-3H3. The zero-order chi connectivity index (χ0) is 14.0. The molecule has 0 N–H and O–H groups in total. The maximum atomic E-state index is 12.1. The number of hydrogen-bond donors (Lipinski definition) is 0. The molecule has 19 heavy (non-hydrogen) atoms. The van der Waals surface area contributed by atoms with Crippen LogP contribution in [0.5, 0.6) is 0 Å². The fourth-order valence-electron chi connectivity index (χ4n) is 1.58. The van der Waals surface area contributed by atoms with E-state index in [1.807, 2.05) is 12.1 Å². The van der Waals surface area contributed by atoms with Gasteiger partial charge in [0.1, 0.15) is 0 Å². The number of carbonyl (C=O) groups excluding carboxylic acids is 1. The summed E-state index contributed by atoms with van der Waals surface area (Å²) in [6.07, 6.45) is 0. The molecule has 0 unspecified atom stereocenters. The molecule has 0 saturated carbocycles. The quantitative estimate of drug-likeness (QED) is 0.623. The van der Waals surface area contributed by atoms with Crippen LogP contribution < -0.4 is 5.56 Å². The van der Waals surface area contributed by atoms with Crippen LogP contribution in [0.1, 0.15) is 0 Å². The first-order chi connectivity index (χ1) is 9.00. The predicted molar refractivity (Wildman–Crippen MR) is 76.4 cm³/mol. The third-order valence-electron chi connectivity index (χ3n) is 2.77. The average Bonchev–Trinajstić information content (AvgIpc) is 2.40. The number of rotatable bonds is 3. The number of thioether (sulfide) groups is 1. The highest BCUT2D eigenvalue weighted by atomic mass is 32.2. The number of fused-ring (bicyclic) bond motifs is 1. The Kier molecular flexibility index (Phi) is 3.90. The molecule has 0 aliphatic carbocycles. The molecule has 1 aromatic carbocycles. The Bertz CT molecular complexity index is 679. The second-order valence-electron chi connectivity index (χ2n) is 4.35. The van der Waals surface area contributed by atoms with Crippen LogP contribution in [0.4, 0.5) is 0 Å². The van der Waals surface area contributed by atoms with Crippen LogP contribution in [0.25, 0.3) is 10.9 Å². The molecule has 0 spiro atoms. The molecule has 1 heterocycles. The number of hydrogen-bond acceptors (Lipinski definition) is 4. The van der Waals surface area contributed by atoms with Crippen molar-refractivity contribution in [3.63, 3.8) is 0 Å². The van der Waals surface area contributed by atoms with Crippen molar-refractivity contribution >= 4 is 28.6 Å². The van der Waals surface area contributed by atoms with Gasteiger partial charge < -0.3 is 4.90 Å². The largest absolute Gasteiger partial charge is 0.348 e. The summed E-state index contributed by atoms with van der Waals surface area (Å²) in [5.41, 5.74) is 0.566. The van der Waals surface area contributed by atoms with Crippen molar-refractivity contribution in [2.24, 2.45) is 7.05 Å². The van der Waals surface area contributed by atoms with Gasteiger partial charge in [0, 0.05) is 21.1 Å². The number of para-hydroxylation sites is 1. The summed E-state index contributed by atoms with van der Waals surface area (Å²) in [5.74, 6) is 0.262. The maximum absolute atomic E-state index is 12.1. The van der Waals surface area contributed by atoms with E-state index in [0.29, 0.717) is 16.1 Å². The Morgan fingerprint density at radius 2 is 2.05 bits per heavy atom.